The summed E-state index contributed by atoms with van der Waals surface area (Å²) in [7, 11) is 0. The lowest BCUT2D eigenvalue weighted by Gasteiger charge is -2.08. The van der Waals surface area contributed by atoms with E-state index in [-0.39, 0.29) is 6.03 Å². The molecule has 3 rings (SSSR count). The number of carbonyl (C=O) groups excluding carboxylic acids is 1. The fraction of sp³-hybridized carbons (Fsp3) is 0.118. The van der Waals surface area contributed by atoms with Gasteiger partial charge in [0, 0.05) is 16.8 Å². The lowest BCUT2D eigenvalue weighted by molar-refractivity contribution is 0.246. The summed E-state index contributed by atoms with van der Waals surface area (Å²) in [6.07, 6.45) is 0. The van der Waals surface area contributed by atoms with Crippen molar-refractivity contribution >= 4 is 34.7 Å². The van der Waals surface area contributed by atoms with Gasteiger partial charge in [0.25, 0.3) is 0 Å². The average molecular weight is 375 g/mol. The SMILES string of the molecule is O=C(NCCOc1ccc(-c2cccs2)nn1)Nc1ccc(Cl)cc1. The van der Waals surface area contributed by atoms with Gasteiger partial charge >= 0.3 is 6.03 Å². The van der Waals surface area contributed by atoms with Crippen LogP contribution in [0.2, 0.25) is 5.02 Å². The number of amides is 2. The molecule has 6 nitrogen and oxygen atoms in total. The molecule has 0 aliphatic heterocycles. The molecule has 0 spiro atoms. The Morgan fingerprint density at radius 1 is 1.12 bits per heavy atom. The third kappa shape index (κ3) is 5.17. The highest BCUT2D eigenvalue weighted by Gasteiger charge is 2.04. The number of urea groups is 1. The fourth-order valence-electron chi connectivity index (χ4n) is 1.98. The number of hydrogen-bond donors (Lipinski definition) is 2. The third-order valence-electron chi connectivity index (χ3n) is 3.15. The quantitative estimate of drug-likeness (QED) is 0.638. The largest absolute Gasteiger partial charge is 0.475 e. The van der Waals surface area contributed by atoms with Crippen LogP contribution in [0.15, 0.2) is 53.9 Å². The van der Waals surface area contributed by atoms with E-state index in [1.165, 1.54) is 0 Å². The number of benzene rings is 1. The monoisotopic (exact) mass is 374 g/mol. The van der Waals surface area contributed by atoms with Crippen LogP contribution in [-0.4, -0.2) is 29.4 Å². The van der Waals surface area contributed by atoms with Crippen molar-refractivity contribution in [2.24, 2.45) is 0 Å². The summed E-state index contributed by atoms with van der Waals surface area (Å²) in [5.74, 6) is 0.417. The van der Waals surface area contributed by atoms with E-state index in [1.54, 1.807) is 41.7 Å². The molecule has 3 aromatic rings. The number of nitrogens with zero attached hydrogens (tertiary/aromatic N) is 2. The minimum Gasteiger partial charge on any atom is -0.475 e. The van der Waals surface area contributed by atoms with Gasteiger partial charge in [-0.15, -0.1) is 21.5 Å². The molecule has 0 radical (unpaired) electrons. The molecule has 0 saturated heterocycles. The summed E-state index contributed by atoms with van der Waals surface area (Å²) in [5.41, 5.74) is 1.47. The zero-order valence-corrected chi connectivity index (χ0v) is 14.7. The molecule has 2 heterocycles. The molecule has 0 bridgehead atoms. The van der Waals surface area contributed by atoms with Crippen LogP contribution < -0.4 is 15.4 Å². The van der Waals surface area contributed by atoms with Gasteiger partial charge in [0.05, 0.1) is 11.4 Å². The van der Waals surface area contributed by atoms with E-state index in [9.17, 15) is 4.79 Å². The molecule has 0 atom stereocenters. The molecule has 0 aliphatic rings. The maximum atomic E-state index is 11.7. The Bertz CT molecular complexity index is 808. The second kappa shape index (κ2) is 8.46. The molecule has 2 N–H and O–H groups in total. The van der Waals surface area contributed by atoms with E-state index in [0.717, 1.165) is 10.6 Å². The maximum absolute atomic E-state index is 11.7. The Kier molecular flexibility index (Phi) is 5.81. The van der Waals surface area contributed by atoms with E-state index in [0.29, 0.717) is 29.7 Å². The van der Waals surface area contributed by atoms with E-state index in [2.05, 4.69) is 20.8 Å². The van der Waals surface area contributed by atoms with Crippen molar-refractivity contribution in [3.8, 4) is 16.5 Å². The molecule has 0 saturated carbocycles. The normalized spacial score (nSPS) is 10.3. The highest BCUT2D eigenvalue weighted by Crippen LogP contribution is 2.22. The number of aromatic nitrogens is 2. The lowest BCUT2D eigenvalue weighted by Crippen LogP contribution is -2.32. The second-order valence-corrected chi connectivity index (χ2v) is 6.35. The number of nitrogens with one attached hydrogen (secondary N) is 2. The Labute approximate surface area is 153 Å². The molecule has 0 fully saturated rings. The second-order valence-electron chi connectivity index (χ2n) is 4.97. The number of hydrogen-bond acceptors (Lipinski definition) is 5. The van der Waals surface area contributed by atoms with Crippen molar-refractivity contribution in [3.05, 3.63) is 58.9 Å². The Morgan fingerprint density at radius 2 is 1.96 bits per heavy atom. The molecule has 1 aromatic carbocycles. The van der Waals surface area contributed by atoms with E-state index < -0.39 is 0 Å². The van der Waals surface area contributed by atoms with Crippen molar-refractivity contribution in [2.45, 2.75) is 0 Å². The van der Waals surface area contributed by atoms with E-state index in [1.807, 2.05) is 23.6 Å². The minimum atomic E-state index is -0.315. The smallest absolute Gasteiger partial charge is 0.319 e. The molecule has 0 aliphatic carbocycles. The first-order valence-electron chi connectivity index (χ1n) is 7.51. The van der Waals surface area contributed by atoms with Crippen LogP contribution in [0.5, 0.6) is 5.88 Å². The molecule has 25 heavy (non-hydrogen) atoms. The number of thiophene rings is 1. The Balaban J connectivity index is 1.39. The summed E-state index contributed by atoms with van der Waals surface area (Å²) in [6.45, 7) is 0.634. The standard InChI is InChI=1S/C17H15ClN4O2S/c18-12-3-5-13(6-4-12)20-17(23)19-9-10-24-16-8-7-14(21-22-16)15-2-1-11-25-15/h1-8,11H,9-10H2,(H2,19,20,23). The number of ether oxygens (including phenoxy) is 1. The van der Waals surface area contributed by atoms with Crippen molar-refractivity contribution in [1.29, 1.82) is 0 Å². The van der Waals surface area contributed by atoms with Gasteiger partial charge < -0.3 is 15.4 Å². The Morgan fingerprint density at radius 3 is 2.64 bits per heavy atom. The zero-order chi connectivity index (χ0) is 17.5. The van der Waals surface area contributed by atoms with Gasteiger partial charge in [-0.05, 0) is 41.8 Å². The molecule has 0 unspecified atom stereocenters. The highest BCUT2D eigenvalue weighted by atomic mass is 35.5. The zero-order valence-electron chi connectivity index (χ0n) is 13.1. The van der Waals surface area contributed by atoms with Crippen molar-refractivity contribution in [1.82, 2.24) is 15.5 Å². The topological polar surface area (TPSA) is 76.1 Å². The van der Waals surface area contributed by atoms with Crippen molar-refractivity contribution < 1.29 is 9.53 Å². The first kappa shape index (κ1) is 17.2. The van der Waals surface area contributed by atoms with Gasteiger partial charge in [-0.2, -0.15) is 0 Å². The van der Waals surface area contributed by atoms with Gasteiger partial charge in [-0.1, -0.05) is 17.7 Å². The Hall–Kier alpha value is -2.64. The first-order valence-corrected chi connectivity index (χ1v) is 8.77. The molecular weight excluding hydrogens is 360 g/mol. The van der Waals surface area contributed by atoms with Crippen molar-refractivity contribution in [3.63, 3.8) is 0 Å². The number of carbonyl (C=O) groups is 1. The van der Waals surface area contributed by atoms with Gasteiger partial charge in [-0.25, -0.2) is 4.79 Å². The van der Waals surface area contributed by atoms with Crippen LogP contribution in [0.4, 0.5) is 10.5 Å². The first-order chi connectivity index (χ1) is 12.2. The minimum absolute atomic E-state index is 0.293. The highest BCUT2D eigenvalue weighted by molar-refractivity contribution is 7.13. The third-order valence-corrected chi connectivity index (χ3v) is 4.30. The van der Waals surface area contributed by atoms with E-state index in [4.69, 9.17) is 16.3 Å². The predicted molar refractivity (Wildman–Crippen MR) is 99.3 cm³/mol. The van der Waals surface area contributed by atoms with Crippen LogP contribution in [0.25, 0.3) is 10.6 Å². The van der Waals surface area contributed by atoms with Crippen molar-refractivity contribution in [2.75, 3.05) is 18.5 Å². The summed E-state index contributed by atoms with van der Waals surface area (Å²) in [6, 6.07) is 14.1. The number of halogens is 1. The fourth-order valence-corrected chi connectivity index (χ4v) is 2.80. The molecule has 128 valence electrons. The van der Waals surface area contributed by atoms with E-state index >= 15 is 0 Å². The predicted octanol–water partition coefficient (Wildman–Crippen LogP) is 4.06. The van der Waals surface area contributed by atoms with Crippen LogP contribution in [-0.2, 0) is 0 Å². The van der Waals surface area contributed by atoms with Crippen LogP contribution in [0.1, 0.15) is 0 Å². The molecule has 2 amide bonds. The van der Waals surface area contributed by atoms with Gasteiger partial charge in [-0.3, -0.25) is 0 Å². The maximum Gasteiger partial charge on any atom is 0.319 e. The number of rotatable bonds is 6. The summed E-state index contributed by atoms with van der Waals surface area (Å²) < 4.78 is 5.46. The van der Waals surface area contributed by atoms with Gasteiger partial charge in [0.2, 0.25) is 5.88 Å². The van der Waals surface area contributed by atoms with Gasteiger partial charge in [0.15, 0.2) is 0 Å². The average Bonchev–Trinajstić information content (AvgIpc) is 3.16. The van der Waals surface area contributed by atoms with Gasteiger partial charge in [0.1, 0.15) is 12.3 Å². The molecule has 8 heteroatoms. The molecule has 2 aromatic heterocycles. The summed E-state index contributed by atoms with van der Waals surface area (Å²) in [5, 5.41) is 16.1. The summed E-state index contributed by atoms with van der Waals surface area (Å²) in [4.78, 5) is 12.8. The van der Waals surface area contributed by atoms with Crippen LogP contribution in [0.3, 0.4) is 0 Å². The summed E-state index contributed by atoms with van der Waals surface area (Å²) >= 11 is 7.40. The molecular formula is C17H15ClN4O2S. The number of anilines is 1. The van der Waals surface area contributed by atoms with Crippen LogP contribution in [0, 0.1) is 0 Å². The lowest BCUT2D eigenvalue weighted by atomic mass is 10.3. The van der Waals surface area contributed by atoms with Crippen LogP contribution >= 0.6 is 22.9 Å².